The van der Waals surface area contributed by atoms with E-state index in [2.05, 4.69) is 4.72 Å². The van der Waals surface area contributed by atoms with Crippen molar-refractivity contribution in [3.8, 4) is 0 Å². The molecular formula is C14H21N3O3S. The number of sulfonamides is 1. The lowest BCUT2D eigenvalue weighted by atomic mass is 10.2. The van der Waals surface area contributed by atoms with Gasteiger partial charge in [0.1, 0.15) is 0 Å². The summed E-state index contributed by atoms with van der Waals surface area (Å²) in [5, 5.41) is 0. The van der Waals surface area contributed by atoms with Crippen molar-refractivity contribution in [1.82, 2.24) is 9.62 Å². The lowest BCUT2D eigenvalue weighted by Crippen LogP contribution is -2.32. The molecular weight excluding hydrogens is 290 g/mol. The molecule has 1 amide bonds. The second-order valence-corrected chi connectivity index (χ2v) is 6.85. The summed E-state index contributed by atoms with van der Waals surface area (Å²) in [6, 6.07) is 6.50. The molecule has 0 atom stereocenters. The van der Waals surface area contributed by atoms with Crippen LogP contribution >= 0.6 is 0 Å². The Morgan fingerprint density at radius 2 is 2.00 bits per heavy atom. The molecule has 0 aromatic heterocycles. The summed E-state index contributed by atoms with van der Waals surface area (Å²) in [6.45, 7) is 1.97. The number of hydrogen-bond acceptors (Lipinski definition) is 4. The Bertz CT molecular complexity index is 595. The van der Waals surface area contributed by atoms with Crippen LogP contribution in [0.4, 0.5) is 0 Å². The number of amides is 1. The maximum Gasteiger partial charge on any atom is 0.240 e. The maximum absolute atomic E-state index is 12.1. The zero-order valence-corrected chi connectivity index (χ0v) is 12.7. The van der Waals surface area contributed by atoms with E-state index in [0.717, 1.165) is 31.5 Å². The first kappa shape index (κ1) is 15.9. The number of benzene rings is 1. The number of nitrogens with zero attached hydrogens (tertiary/aromatic N) is 1. The summed E-state index contributed by atoms with van der Waals surface area (Å²) in [5.41, 5.74) is 6.26. The summed E-state index contributed by atoms with van der Waals surface area (Å²) in [6.07, 6.45) is 2.25. The molecule has 1 fully saturated rings. The van der Waals surface area contributed by atoms with Gasteiger partial charge in [-0.05, 0) is 30.5 Å². The first-order valence-corrected chi connectivity index (χ1v) is 8.58. The third kappa shape index (κ3) is 4.26. The third-order valence-electron chi connectivity index (χ3n) is 3.53. The normalized spacial score (nSPS) is 15.4. The minimum atomic E-state index is -3.59. The van der Waals surface area contributed by atoms with Gasteiger partial charge in [0.05, 0.1) is 4.90 Å². The van der Waals surface area contributed by atoms with Crippen molar-refractivity contribution in [2.45, 2.75) is 30.7 Å². The van der Waals surface area contributed by atoms with E-state index in [1.807, 2.05) is 0 Å². The van der Waals surface area contributed by atoms with Gasteiger partial charge in [-0.3, -0.25) is 4.79 Å². The van der Waals surface area contributed by atoms with Crippen LogP contribution in [0.15, 0.2) is 29.2 Å². The van der Waals surface area contributed by atoms with Gasteiger partial charge < -0.3 is 10.6 Å². The molecule has 116 valence electrons. The van der Waals surface area contributed by atoms with Gasteiger partial charge in [0.15, 0.2) is 0 Å². The first-order valence-electron chi connectivity index (χ1n) is 7.09. The van der Waals surface area contributed by atoms with E-state index in [9.17, 15) is 13.2 Å². The van der Waals surface area contributed by atoms with Crippen LogP contribution in [0.3, 0.4) is 0 Å². The Labute approximate surface area is 125 Å². The highest BCUT2D eigenvalue weighted by Crippen LogP contribution is 2.12. The molecule has 0 radical (unpaired) electrons. The molecule has 2 rings (SSSR count). The summed E-state index contributed by atoms with van der Waals surface area (Å²) in [4.78, 5) is 13.8. The Morgan fingerprint density at radius 3 is 2.67 bits per heavy atom. The zero-order valence-electron chi connectivity index (χ0n) is 11.9. The molecule has 0 saturated carbocycles. The van der Waals surface area contributed by atoms with Gasteiger partial charge in [0.25, 0.3) is 0 Å². The highest BCUT2D eigenvalue weighted by Gasteiger charge is 2.19. The Balaban J connectivity index is 1.90. The number of nitrogens with two attached hydrogens (primary N) is 1. The number of likely N-dealkylation sites (tertiary alicyclic amines) is 1. The van der Waals surface area contributed by atoms with Crippen LogP contribution in [0.1, 0.15) is 24.8 Å². The van der Waals surface area contributed by atoms with Crippen molar-refractivity contribution in [3.05, 3.63) is 29.8 Å². The van der Waals surface area contributed by atoms with E-state index in [1.54, 1.807) is 23.1 Å². The van der Waals surface area contributed by atoms with Crippen LogP contribution in [0, 0.1) is 0 Å². The number of nitrogens with one attached hydrogen (secondary N) is 1. The van der Waals surface area contributed by atoms with Crippen molar-refractivity contribution >= 4 is 15.9 Å². The van der Waals surface area contributed by atoms with Crippen molar-refractivity contribution in [1.29, 1.82) is 0 Å². The average molecular weight is 311 g/mol. The maximum atomic E-state index is 12.1. The van der Waals surface area contributed by atoms with E-state index in [0.29, 0.717) is 0 Å². The topological polar surface area (TPSA) is 92.5 Å². The van der Waals surface area contributed by atoms with Crippen LogP contribution in [0.25, 0.3) is 0 Å². The smallest absolute Gasteiger partial charge is 0.240 e. The van der Waals surface area contributed by atoms with Gasteiger partial charge in [0, 0.05) is 32.6 Å². The van der Waals surface area contributed by atoms with Gasteiger partial charge in [-0.15, -0.1) is 0 Å². The fourth-order valence-electron chi connectivity index (χ4n) is 2.34. The molecule has 7 heteroatoms. The molecule has 3 N–H and O–H groups in total. The fraction of sp³-hybridized carbons (Fsp3) is 0.500. The standard InChI is InChI=1S/C14H21N3O3S/c15-11-12-4-3-5-13(10-12)21(19,20)16-7-6-14(18)17-8-1-2-9-17/h3-5,10,16H,1-2,6-9,11,15H2. The van der Waals surface area contributed by atoms with E-state index >= 15 is 0 Å². The second kappa shape index (κ2) is 7.02. The predicted molar refractivity (Wildman–Crippen MR) is 80.0 cm³/mol. The molecule has 1 heterocycles. The summed E-state index contributed by atoms with van der Waals surface area (Å²) < 4.78 is 26.7. The highest BCUT2D eigenvalue weighted by atomic mass is 32.2. The second-order valence-electron chi connectivity index (χ2n) is 5.09. The van der Waals surface area contributed by atoms with Crippen LogP contribution in [-0.2, 0) is 21.4 Å². The van der Waals surface area contributed by atoms with E-state index in [1.165, 1.54) is 6.07 Å². The Morgan fingerprint density at radius 1 is 1.29 bits per heavy atom. The molecule has 1 saturated heterocycles. The minimum absolute atomic E-state index is 0.00547. The van der Waals surface area contributed by atoms with Gasteiger partial charge in [-0.25, -0.2) is 13.1 Å². The lowest BCUT2D eigenvalue weighted by Gasteiger charge is -2.15. The molecule has 0 bridgehead atoms. The number of carbonyl (C=O) groups excluding carboxylic acids is 1. The molecule has 0 spiro atoms. The summed E-state index contributed by atoms with van der Waals surface area (Å²) in [5.74, 6) is 0.00547. The molecule has 1 aromatic rings. The van der Waals surface area contributed by atoms with Crippen molar-refractivity contribution in [3.63, 3.8) is 0 Å². The monoisotopic (exact) mass is 311 g/mol. The molecule has 21 heavy (non-hydrogen) atoms. The number of rotatable bonds is 6. The first-order chi connectivity index (χ1) is 10.0. The fourth-order valence-corrected chi connectivity index (χ4v) is 3.44. The van der Waals surface area contributed by atoms with Crippen molar-refractivity contribution in [2.24, 2.45) is 5.73 Å². The molecule has 1 aromatic carbocycles. The van der Waals surface area contributed by atoms with Crippen molar-refractivity contribution < 1.29 is 13.2 Å². The molecule has 0 unspecified atom stereocenters. The van der Waals surface area contributed by atoms with E-state index < -0.39 is 10.0 Å². The van der Waals surface area contributed by atoms with Gasteiger partial charge in [0.2, 0.25) is 15.9 Å². The van der Waals surface area contributed by atoms with Crippen molar-refractivity contribution in [2.75, 3.05) is 19.6 Å². The van der Waals surface area contributed by atoms with Gasteiger partial charge in [-0.1, -0.05) is 12.1 Å². The number of carbonyl (C=O) groups is 1. The minimum Gasteiger partial charge on any atom is -0.343 e. The third-order valence-corrected chi connectivity index (χ3v) is 4.99. The van der Waals surface area contributed by atoms with Gasteiger partial charge in [-0.2, -0.15) is 0 Å². The quantitative estimate of drug-likeness (QED) is 0.797. The Kier molecular flexibility index (Phi) is 5.33. The largest absolute Gasteiger partial charge is 0.343 e. The van der Waals surface area contributed by atoms with Gasteiger partial charge >= 0.3 is 0 Å². The van der Waals surface area contributed by atoms with E-state index in [4.69, 9.17) is 5.73 Å². The zero-order chi connectivity index (χ0) is 15.3. The van der Waals surface area contributed by atoms with Crippen LogP contribution in [-0.4, -0.2) is 38.9 Å². The molecule has 0 aliphatic carbocycles. The van der Waals surface area contributed by atoms with E-state index in [-0.39, 0.29) is 30.3 Å². The van der Waals surface area contributed by atoms with Crippen LogP contribution in [0.5, 0.6) is 0 Å². The molecule has 1 aliphatic heterocycles. The molecule has 1 aliphatic rings. The average Bonchev–Trinajstić information content (AvgIpc) is 3.01. The predicted octanol–water partition coefficient (Wildman–Crippen LogP) is 0.436. The number of hydrogen-bond donors (Lipinski definition) is 2. The summed E-state index contributed by atoms with van der Waals surface area (Å²) in [7, 11) is -3.59. The lowest BCUT2D eigenvalue weighted by molar-refractivity contribution is -0.129. The molecule has 6 nitrogen and oxygen atoms in total. The highest BCUT2D eigenvalue weighted by molar-refractivity contribution is 7.89. The SMILES string of the molecule is NCc1cccc(S(=O)(=O)NCCC(=O)N2CCCC2)c1. The Hall–Kier alpha value is -1.44. The van der Waals surface area contributed by atoms with Crippen LogP contribution in [0.2, 0.25) is 0 Å². The summed E-state index contributed by atoms with van der Waals surface area (Å²) >= 11 is 0. The van der Waals surface area contributed by atoms with Crippen LogP contribution < -0.4 is 10.5 Å².